The van der Waals surface area contributed by atoms with Crippen molar-refractivity contribution < 1.29 is 4.52 Å². The number of hydrogen-bond donors (Lipinski definition) is 0. The molecule has 0 spiro atoms. The average molecular weight is 545 g/mol. The van der Waals surface area contributed by atoms with Gasteiger partial charge in [-0.25, -0.2) is 4.74 Å². The number of aryl methyl sites for hydroxylation is 1. The molecule has 1 heterocycles. The van der Waals surface area contributed by atoms with Crippen LogP contribution in [-0.4, -0.2) is 9.72 Å². The van der Waals surface area contributed by atoms with E-state index in [0.29, 0.717) is 0 Å². The fourth-order valence-electron chi connectivity index (χ4n) is 4.71. The lowest BCUT2D eigenvalue weighted by Gasteiger charge is -2.37. The summed E-state index contributed by atoms with van der Waals surface area (Å²) in [7, 11) is -2.58. The summed E-state index contributed by atoms with van der Waals surface area (Å²) in [6.07, 6.45) is 0. The summed E-state index contributed by atoms with van der Waals surface area (Å²) < 4.78 is 15.8. The molecule has 1 atom stereocenters. The summed E-state index contributed by atoms with van der Waals surface area (Å²) in [4.78, 5) is 0. The molecule has 5 aromatic rings. The van der Waals surface area contributed by atoms with Crippen molar-refractivity contribution in [3.05, 3.63) is 102 Å². The Balaban J connectivity index is 1.84. The van der Waals surface area contributed by atoms with Crippen molar-refractivity contribution in [2.75, 3.05) is 0 Å². The Morgan fingerprint density at radius 2 is 1.51 bits per heavy atom. The number of para-hydroxylation sites is 1. The van der Waals surface area contributed by atoms with Gasteiger partial charge in [-0.1, -0.05) is 79.2 Å². The van der Waals surface area contributed by atoms with E-state index in [9.17, 15) is 0 Å². The summed E-state index contributed by atoms with van der Waals surface area (Å²) in [5.41, 5.74) is 3.43. The van der Waals surface area contributed by atoms with Crippen LogP contribution in [0.5, 0.6) is 5.75 Å². The van der Waals surface area contributed by atoms with Crippen molar-refractivity contribution in [2.24, 2.45) is 4.74 Å². The second-order valence-electron chi connectivity index (χ2n) is 9.69. The van der Waals surface area contributed by atoms with Gasteiger partial charge in [0.25, 0.3) is 0 Å². The zero-order chi connectivity index (χ0) is 24.6. The molecule has 3 nitrogen and oxygen atoms in total. The Kier molecular flexibility index (Phi) is 6.38. The van der Waals surface area contributed by atoms with E-state index in [2.05, 4.69) is 103 Å². The molecule has 0 amide bonds. The van der Waals surface area contributed by atoms with Gasteiger partial charge in [-0.05, 0) is 61.5 Å². The molecule has 35 heavy (non-hydrogen) atoms. The summed E-state index contributed by atoms with van der Waals surface area (Å²) in [6.45, 7) is 9.85. The zero-order valence-electron chi connectivity index (χ0n) is 20.6. The van der Waals surface area contributed by atoms with Gasteiger partial charge in [0.15, 0.2) is 7.28 Å². The topological polar surface area (TPSA) is 26.5 Å². The van der Waals surface area contributed by atoms with E-state index in [1.807, 2.05) is 42.5 Å². The Hall–Kier alpha value is -2.81. The highest BCUT2D eigenvalue weighted by molar-refractivity contribution is 9.10. The largest absolute Gasteiger partial charge is 0.455 e. The van der Waals surface area contributed by atoms with E-state index in [0.717, 1.165) is 27.8 Å². The molecule has 5 rings (SSSR count). The van der Waals surface area contributed by atoms with Crippen LogP contribution in [0.1, 0.15) is 27.7 Å². The van der Waals surface area contributed by atoms with Crippen molar-refractivity contribution in [3.8, 4) is 5.75 Å². The van der Waals surface area contributed by atoms with Gasteiger partial charge in [0.1, 0.15) is 5.75 Å². The molecule has 0 aliphatic rings. The zero-order valence-corrected chi connectivity index (χ0v) is 23.1. The molecule has 0 radical (unpaired) electrons. The highest BCUT2D eigenvalue weighted by Crippen LogP contribution is 2.62. The first kappa shape index (κ1) is 23.9. The lowest BCUT2D eigenvalue weighted by molar-refractivity contribution is 0.571. The predicted octanol–water partition coefficient (Wildman–Crippen LogP) is 9.53. The minimum absolute atomic E-state index is 0.248. The molecule has 1 aromatic heterocycles. The third kappa shape index (κ3) is 4.35. The van der Waals surface area contributed by atoms with Crippen molar-refractivity contribution in [1.82, 2.24) is 4.57 Å². The van der Waals surface area contributed by atoms with Crippen LogP contribution >= 0.6 is 23.2 Å². The molecule has 1 unspecified atom stereocenters. The molecule has 0 saturated carbocycles. The number of fused-ring (bicyclic) bond motifs is 3. The fourth-order valence-corrected chi connectivity index (χ4v) is 8.16. The van der Waals surface area contributed by atoms with Crippen molar-refractivity contribution in [2.45, 2.75) is 39.4 Å². The van der Waals surface area contributed by atoms with Gasteiger partial charge in [0.05, 0.1) is 5.69 Å². The molecule has 5 heteroatoms. The predicted molar refractivity (Wildman–Crippen MR) is 155 cm³/mol. The Labute approximate surface area is 216 Å². The fraction of sp³-hybridized carbons (Fsp3) is 0.200. The van der Waals surface area contributed by atoms with Crippen molar-refractivity contribution in [1.29, 1.82) is 0 Å². The van der Waals surface area contributed by atoms with E-state index in [1.165, 1.54) is 21.8 Å². The van der Waals surface area contributed by atoms with Gasteiger partial charge in [0, 0.05) is 43.3 Å². The Morgan fingerprint density at radius 1 is 0.800 bits per heavy atom. The van der Waals surface area contributed by atoms with Crippen LogP contribution in [0, 0.1) is 0 Å². The second kappa shape index (κ2) is 9.33. The average Bonchev–Trinajstić information content (AvgIpc) is 3.16. The number of halogens is 1. The van der Waals surface area contributed by atoms with Gasteiger partial charge in [0.2, 0.25) is 0 Å². The summed E-state index contributed by atoms with van der Waals surface area (Å²) >= 11 is 3.61. The smallest absolute Gasteiger partial charge is 0.173 e. The summed E-state index contributed by atoms with van der Waals surface area (Å²) in [5, 5.41) is 3.40. The molecule has 0 aliphatic heterocycles. The molecular weight excluding hydrogens is 515 g/mol. The quantitative estimate of drug-likeness (QED) is 0.202. The van der Waals surface area contributed by atoms with Crippen LogP contribution < -0.4 is 9.83 Å². The molecular formula is C30H30BrN2OP. The van der Waals surface area contributed by atoms with Gasteiger partial charge in [-0.2, -0.15) is 0 Å². The van der Waals surface area contributed by atoms with Crippen molar-refractivity contribution >= 4 is 56.0 Å². The lowest BCUT2D eigenvalue weighted by atomic mass is 10.1. The molecule has 0 aliphatic carbocycles. The third-order valence-electron chi connectivity index (χ3n) is 6.38. The summed E-state index contributed by atoms with van der Waals surface area (Å²) in [5.74, 6) is 0.818. The Morgan fingerprint density at radius 3 is 2.23 bits per heavy atom. The van der Waals surface area contributed by atoms with Gasteiger partial charge in [-0.15, -0.1) is 0 Å². The van der Waals surface area contributed by atoms with E-state index >= 15 is 0 Å². The maximum absolute atomic E-state index is 7.04. The number of hydrogen-bond acceptors (Lipinski definition) is 2. The van der Waals surface area contributed by atoms with Gasteiger partial charge >= 0.3 is 0 Å². The molecule has 0 saturated heterocycles. The minimum Gasteiger partial charge on any atom is -0.455 e. The number of nitrogens with zero attached hydrogens (tertiary/aromatic N) is 2. The third-order valence-corrected chi connectivity index (χ3v) is 10.7. The Bertz CT molecular complexity index is 1560. The van der Waals surface area contributed by atoms with Crippen LogP contribution in [0.3, 0.4) is 0 Å². The number of aromatic nitrogens is 1. The minimum atomic E-state index is -2.58. The van der Waals surface area contributed by atoms with E-state index in [4.69, 9.17) is 9.27 Å². The normalized spacial score (nSPS) is 13.6. The van der Waals surface area contributed by atoms with Crippen LogP contribution in [-0.2, 0) is 6.54 Å². The van der Waals surface area contributed by atoms with Gasteiger partial charge in [-0.3, -0.25) is 0 Å². The van der Waals surface area contributed by atoms with Crippen LogP contribution in [0.15, 0.2) is 106 Å². The molecule has 178 valence electrons. The van der Waals surface area contributed by atoms with E-state index in [-0.39, 0.29) is 5.16 Å². The molecule has 0 bridgehead atoms. The maximum Gasteiger partial charge on any atom is 0.173 e. The van der Waals surface area contributed by atoms with Crippen molar-refractivity contribution in [3.63, 3.8) is 0 Å². The lowest BCUT2D eigenvalue weighted by Crippen LogP contribution is -2.27. The SMILES string of the molecule is CCn1c2ccccc2c2cc(P(=Nc3ccccc3)(Oc3cccc(Br)c3)C(C)(C)C)ccc21. The van der Waals surface area contributed by atoms with Crippen LogP contribution in [0.25, 0.3) is 21.8 Å². The molecule has 4 aromatic carbocycles. The first-order valence-electron chi connectivity index (χ1n) is 12.0. The first-order chi connectivity index (χ1) is 16.8. The molecule has 0 N–H and O–H groups in total. The highest BCUT2D eigenvalue weighted by Gasteiger charge is 2.39. The monoisotopic (exact) mass is 544 g/mol. The standard InChI is InChI=1S/C30H30BrN2OP/c1-5-33-28-17-10-9-16-26(28)27-21-25(18-19-29(27)33)35(30(2,3)4,32-23-13-7-6-8-14-23)34-24-15-11-12-22(31)20-24/h6-21H,5H2,1-4H3. The number of benzene rings is 4. The summed E-state index contributed by atoms with van der Waals surface area (Å²) in [6, 6.07) is 33.8. The second-order valence-corrected chi connectivity index (χ2v) is 14.0. The highest BCUT2D eigenvalue weighted by atomic mass is 79.9. The number of rotatable bonds is 5. The molecule has 0 fully saturated rings. The van der Waals surface area contributed by atoms with Crippen LogP contribution in [0.4, 0.5) is 5.69 Å². The van der Waals surface area contributed by atoms with Crippen LogP contribution in [0.2, 0.25) is 0 Å². The van der Waals surface area contributed by atoms with E-state index < -0.39 is 7.28 Å². The van der Waals surface area contributed by atoms with E-state index in [1.54, 1.807) is 0 Å². The first-order valence-corrected chi connectivity index (χ1v) is 14.4. The maximum atomic E-state index is 7.04. The van der Waals surface area contributed by atoms with Gasteiger partial charge < -0.3 is 9.09 Å².